The molecule has 0 spiro atoms. The lowest BCUT2D eigenvalue weighted by molar-refractivity contribution is 0.442. The average molecular weight is 281 g/mol. The number of anilines is 1. The van der Waals surface area contributed by atoms with Crippen LogP contribution in [0, 0.1) is 0 Å². The molecule has 0 radical (unpaired) electrons. The van der Waals surface area contributed by atoms with Crippen LogP contribution in [0.5, 0.6) is 5.75 Å². The van der Waals surface area contributed by atoms with Crippen molar-refractivity contribution in [3.8, 4) is 5.75 Å². The van der Waals surface area contributed by atoms with E-state index in [-0.39, 0.29) is 0 Å². The van der Waals surface area contributed by atoms with Gasteiger partial charge in [0.05, 0.1) is 5.69 Å². The standard InChI is InChI=1S/C17H15NOS/c1-2-18-13-8-4-6-10-16(13)20-17(18)15-11-12-7-3-5-9-14(12)19-15/h3-10H,2,11H2,1H3/b17-15-. The molecule has 0 aliphatic carbocycles. The van der Waals surface area contributed by atoms with E-state index in [2.05, 4.69) is 48.2 Å². The van der Waals surface area contributed by atoms with Crippen molar-refractivity contribution in [1.29, 1.82) is 0 Å². The van der Waals surface area contributed by atoms with Gasteiger partial charge in [0.1, 0.15) is 16.5 Å². The Bertz CT molecular complexity index is 681. The first kappa shape index (κ1) is 11.9. The third kappa shape index (κ3) is 1.74. The van der Waals surface area contributed by atoms with Gasteiger partial charge in [-0.1, -0.05) is 42.1 Å². The molecule has 0 fully saturated rings. The third-order valence-corrected chi connectivity index (χ3v) is 4.93. The Balaban J connectivity index is 1.76. The highest BCUT2D eigenvalue weighted by atomic mass is 32.2. The second-order valence-corrected chi connectivity index (χ2v) is 5.96. The summed E-state index contributed by atoms with van der Waals surface area (Å²) in [7, 11) is 0. The molecule has 0 aromatic heterocycles. The normalized spacial score (nSPS) is 19.8. The van der Waals surface area contributed by atoms with Gasteiger partial charge in [0.2, 0.25) is 0 Å². The van der Waals surface area contributed by atoms with Crippen LogP contribution in [0.2, 0.25) is 0 Å². The number of ether oxygens (including phenoxy) is 1. The van der Waals surface area contributed by atoms with Crippen LogP contribution in [-0.2, 0) is 6.42 Å². The van der Waals surface area contributed by atoms with E-state index in [9.17, 15) is 0 Å². The van der Waals surface area contributed by atoms with E-state index < -0.39 is 0 Å². The first-order valence-electron chi connectivity index (χ1n) is 6.90. The third-order valence-electron chi connectivity index (χ3n) is 3.72. The minimum atomic E-state index is 0.892. The van der Waals surface area contributed by atoms with E-state index in [1.54, 1.807) is 0 Å². The van der Waals surface area contributed by atoms with Crippen molar-refractivity contribution >= 4 is 17.4 Å². The molecule has 2 aliphatic rings. The molecule has 2 aromatic rings. The second kappa shape index (κ2) is 4.60. The number of rotatable bonds is 1. The van der Waals surface area contributed by atoms with E-state index in [0.717, 1.165) is 24.5 Å². The van der Waals surface area contributed by atoms with Crippen molar-refractivity contribution in [3.05, 3.63) is 64.9 Å². The summed E-state index contributed by atoms with van der Waals surface area (Å²) < 4.78 is 6.07. The Morgan fingerprint density at radius 1 is 1.10 bits per heavy atom. The predicted octanol–water partition coefficient (Wildman–Crippen LogP) is 4.42. The lowest BCUT2D eigenvalue weighted by Crippen LogP contribution is -2.19. The van der Waals surface area contributed by atoms with E-state index in [4.69, 9.17) is 4.74 Å². The van der Waals surface area contributed by atoms with Gasteiger partial charge >= 0.3 is 0 Å². The van der Waals surface area contributed by atoms with Crippen molar-refractivity contribution in [1.82, 2.24) is 0 Å². The van der Waals surface area contributed by atoms with Crippen molar-refractivity contribution in [3.63, 3.8) is 0 Å². The summed E-state index contributed by atoms with van der Waals surface area (Å²) >= 11 is 1.82. The SMILES string of the molecule is CCN1/C(=C2\Cc3ccccc3O2)Sc2ccccc21. The van der Waals surface area contributed by atoms with Gasteiger partial charge in [-0.25, -0.2) is 0 Å². The fraction of sp³-hybridized carbons (Fsp3) is 0.176. The maximum Gasteiger partial charge on any atom is 0.139 e. The van der Waals surface area contributed by atoms with Crippen molar-refractivity contribution in [2.24, 2.45) is 0 Å². The summed E-state index contributed by atoms with van der Waals surface area (Å²) in [6.07, 6.45) is 0.892. The quantitative estimate of drug-likeness (QED) is 0.767. The molecule has 2 heterocycles. The molecule has 0 atom stereocenters. The number of allylic oxidation sites excluding steroid dienone is 1. The highest BCUT2D eigenvalue weighted by molar-refractivity contribution is 8.03. The van der Waals surface area contributed by atoms with Crippen LogP contribution >= 0.6 is 11.8 Å². The molecule has 0 bridgehead atoms. The zero-order chi connectivity index (χ0) is 13.5. The smallest absolute Gasteiger partial charge is 0.139 e. The summed E-state index contributed by atoms with van der Waals surface area (Å²) in [6.45, 7) is 3.15. The molecule has 4 rings (SSSR count). The maximum atomic E-state index is 6.07. The van der Waals surface area contributed by atoms with Crippen LogP contribution in [-0.4, -0.2) is 6.54 Å². The summed E-state index contributed by atoms with van der Waals surface area (Å²) in [5.74, 6) is 2.08. The minimum absolute atomic E-state index is 0.892. The fourth-order valence-corrected chi connectivity index (χ4v) is 3.97. The maximum absolute atomic E-state index is 6.07. The fourth-order valence-electron chi connectivity index (χ4n) is 2.77. The van der Waals surface area contributed by atoms with Crippen molar-refractivity contribution in [2.45, 2.75) is 18.2 Å². The summed E-state index contributed by atoms with van der Waals surface area (Å²) in [4.78, 5) is 3.66. The number of nitrogens with zero attached hydrogens (tertiary/aromatic N) is 1. The topological polar surface area (TPSA) is 12.5 Å². The Morgan fingerprint density at radius 2 is 1.90 bits per heavy atom. The first-order valence-corrected chi connectivity index (χ1v) is 7.72. The highest BCUT2D eigenvalue weighted by Gasteiger charge is 2.30. The van der Waals surface area contributed by atoms with Crippen LogP contribution in [0.3, 0.4) is 0 Å². The summed E-state index contributed by atoms with van der Waals surface area (Å²) in [5, 5.41) is 1.24. The van der Waals surface area contributed by atoms with E-state index in [1.807, 2.05) is 23.9 Å². The molecule has 0 N–H and O–H groups in total. The Labute approximate surface area is 123 Å². The van der Waals surface area contributed by atoms with E-state index in [1.165, 1.54) is 21.2 Å². The van der Waals surface area contributed by atoms with Crippen LogP contribution in [0.15, 0.2) is 64.2 Å². The zero-order valence-corrected chi connectivity index (χ0v) is 12.1. The molecule has 2 nitrogen and oxygen atoms in total. The molecule has 0 saturated heterocycles. The molecule has 20 heavy (non-hydrogen) atoms. The highest BCUT2D eigenvalue weighted by Crippen LogP contribution is 2.48. The number of fused-ring (bicyclic) bond motifs is 2. The zero-order valence-electron chi connectivity index (χ0n) is 11.3. The van der Waals surface area contributed by atoms with Crippen molar-refractivity contribution in [2.75, 3.05) is 11.4 Å². The number of hydrogen-bond donors (Lipinski definition) is 0. The average Bonchev–Trinajstić information content (AvgIpc) is 3.07. The molecule has 0 saturated carbocycles. The lowest BCUT2D eigenvalue weighted by atomic mass is 10.1. The lowest BCUT2D eigenvalue weighted by Gasteiger charge is -2.19. The molecule has 0 unspecified atom stereocenters. The van der Waals surface area contributed by atoms with Gasteiger partial charge in [0.15, 0.2) is 0 Å². The molecular weight excluding hydrogens is 266 g/mol. The minimum Gasteiger partial charge on any atom is -0.458 e. The van der Waals surface area contributed by atoms with Crippen LogP contribution < -0.4 is 9.64 Å². The number of thioether (sulfide) groups is 1. The second-order valence-electron chi connectivity index (χ2n) is 4.93. The summed E-state index contributed by atoms with van der Waals surface area (Å²) in [6, 6.07) is 16.8. The van der Waals surface area contributed by atoms with Gasteiger partial charge in [-0.2, -0.15) is 0 Å². The van der Waals surface area contributed by atoms with Crippen molar-refractivity contribution < 1.29 is 4.74 Å². The van der Waals surface area contributed by atoms with Crippen LogP contribution in [0.25, 0.3) is 0 Å². The molecular formula is C17H15NOS. The molecule has 2 aromatic carbocycles. The van der Waals surface area contributed by atoms with E-state index >= 15 is 0 Å². The molecule has 0 amide bonds. The molecule has 100 valence electrons. The Hall–Kier alpha value is -1.87. The van der Waals surface area contributed by atoms with E-state index in [0.29, 0.717) is 0 Å². The number of hydrogen-bond acceptors (Lipinski definition) is 3. The Kier molecular flexibility index (Phi) is 2.74. The van der Waals surface area contributed by atoms with Gasteiger partial charge in [-0.05, 0) is 25.1 Å². The van der Waals surface area contributed by atoms with Gasteiger partial charge in [0, 0.05) is 23.4 Å². The van der Waals surface area contributed by atoms with Gasteiger partial charge < -0.3 is 9.64 Å². The number of para-hydroxylation sites is 2. The molecule has 2 aliphatic heterocycles. The monoisotopic (exact) mass is 281 g/mol. The van der Waals surface area contributed by atoms with Crippen LogP contribution in [0.1, 0.15) is 12.5 Å². The number of benzene rings is 2. The largest absolute Gasteiger partial charge is 0.458 e. The Morgan fingerprint density at radius 3 is 2.75 bits per heavy atom. The van der Waals surface area contributed by atoms with Crippen LogP contribution in [0.4, 0.5) is 5.69 Å². The summed E-state index contributed by atoms with van der Waals surface area (Å²) in [5.41, 5.74) is 2.57. The van der Waals surface area contributed by atoms with Gasteiger partial charge in [-0.3, -0.25) is 0 Å². The van der Waals surface area contributed by atoms with Gasteiger partial charge in [0.25, 0.3) is 0 Å². The van der Waals surface area contributed by atoms with Gasteiger partial charge in [-0.15, -0.1) is 0 Å². The first-order chi connectivity index (χ1) is 9.86. The molecule has 3 heteroatoms. The predicted molar refractivity (Wildman–Crippen MR) is 83.1 cm³/mol.